The normalized spacial score (nSPS) is 21.9. The molecule has 6 nitrogen and oxygen atoms in total. The Bertz CT molecular complexity index is 938. The SMILES string of the molecule is CC(C)CN1C(=O)c2ccccc2C(C(=O)NCCCN2CCN(C)CC2)C1c1cccs1. The van der Waals surface area contributed by atoms with Crippen LogP contribution < -0.4 is 5.32 Å². The first-order chi connectivity index (χ1) is 16.0. The molecule has 0 bridgehead atoms. The van der Waals surface area contributed by atoms with E-state index >= 15 is 0 Å². The van der Waals surface area contributed by atoms with Crippen molar-refractivity contribution in [3.63, 3.8) is 0 Å². The number of fused-ring (bicyclic) bond motifs is 1. The lowest BCUT2D eigenvalue weighted by atomic mass is 9.81. The zero-order valence-corrected chi connectivity index (χ0v) is 20.8. The van der Waals surface area contributed by atoms with Crippen molar-refractivity contribution in [3.8, 4) is 0 Å². The number of benzene rings is 1. The molecule has 2 amide bonds. The van der Waals surface area contributed by atoms with Crippen molar-refractivity contribution in [2.45, 2.75) is 32.2 Å². The molecule has 1 N–H and O–H groups in total. The maximum absolute atomic E-state index is 13.6. The van der Waals surface area contributed by atoms with E-state index in [2.05, 4.69) is 42.1 Å². The third kappa shape index (κ3) is 5.48. The minimum Gasteiger partial charge on any atom is -0.355 e. The summed E-state index contributed by atoms with van der Waals surface area (Å²) in [5.74, 6) is -0.0498. The van der Waals surface area contributed by atoms with E-state index in [1.807, 2.05) is 40.6 Å². The van der Waals surface area contributed by atoms with Crippen LogP contribution in [0.3, 0.4) is 0 Å². The highest BCUT2D eigenvalue weighted by molar-refractivity contribution is 7.10. The Hall–Kier alpha value is -2.22. The standard InChI is InChI=1S/C26H36N4O2S/c1-19(2)18-30-24(22-10-6-17-33-22)23(20-8-4-5-9-21(20)26(30)32)25(31)27-11-7-12-29-15-13-28(3)14-16-29/h4-6,8-10,17,19,23-24H,7,11-16,18H2,1-3H3,(H,27,31). The van der Waals surface area contributed by atoms with Crippen LogP contribution in [0.4, 0.5) is 0 Å². The molecule has 0 radical (unpaired) electrons. The highest BCUT2D eigenvalue weighted by Gasteiger charge is 2.44. The van der Waals surface area contributed by atoms with Crippen molar-refractivity contribution in [1.82, 2.24) is 20.0 Å². The van der Waals surface area contributed by atoms with Crippen LogP contribution in [0.2, 0.25) is 0 Å². The summed E-state index contributed by atoms with van der Waals surface area (Å²) in [5.41, 5.74) is 1.50. The molecule has 0 spiro atoms. The third-order valence-electron chi connectivity index (χ3n) is 6.66. The summed E-state index contributed by atoms with van der Waals surface area (Å²) >= 11 is 1.62. The number of nitrogens with one attached hydrogen (secondary N) is 1. The van der Waals surface area contributed by atoms with Crippen LogP contribution in [0.15, 0.2) is 41.8 Å². The molecule has 2 unspecified atom stereocenters. The van der Waals surface area contributed by atoms with Gasteiger partial charge in [0.25, 0.3) is 5.91 Å². The molecular weight excluding hydrogens is 432 g/mol. The molecule has 2 aliphatic rings. The summed E-state index contributed by atoms with van der Waals surface area (Å²) < 4.78 is 0. The van der Waals surface area contributed by atoms with Crippen molar-refractivity contribution < 1.29 is 9.59 Å². The van der Waals surface area contributed by atoms with Gasteiger partial charge in [-0.3, -0.25) is 9.59 Å². The van der Waals surface area contributed by atoms with E-state index < -0.39 is 5.92 Å². The van der Waals surface area contributed by atoms with Crippen LogP contribution in [0.25, 0.3) is 0 Å². The molecule has 178 valence electrons. The first-order valence-corrected chi connectivity index (χ1v) is 13.0. The van der Waals surface area contributed by atoms with Gasteiger partial charge in [-0.15, -0.1) is 11.3 Å². The molecule has 0 saturated carbocycles. The van der Waals surface area contributed by atoms with E-state index in [0.717, 1.165) is 49.6 Å². The molecule has 2 aliphatic heterocycles. The number of nitrogens with zero attached hydrogens (tertiary/aromatic N) is 3. The van der Waals surface area contributed by atoms with Crippen molar-refractivity contribution in [3.05, 3.63) is 57.8 Å². The molecule has 7 heteroatoms. The maximum atomic E-state index is 13.6. The second kappa shape index (κ2) is 10.8. The lowest BCUT2D eigenvalue weighted by molar-refractivity contribution is -0.124. The topological polar surface area (TPSA) is 55.9 Å². The molecule has 1 saturated heterocycles. The molecule has 1 aromatic heterocycles. The van der Waals surface area contributed by atoms with Gasteiger partial charge in [-0.1, -0.05) is 38.1 Å². The fourth-order valence-corrected chi connectivity index (χ4v) is 5.82. The number of rotatable bonds is 8. The average Bonchev–Trinajstić information content (AvgIpc) is 3.33. The van der Waals surface area contributed by atoms with Gasteiger partial charge in [-0.2, -0.15) is 0 Å². The van der Waals surface area contributed by atoms with Crippen LogP contribution in [-0.2, 0) is 4.79 Å². The van der Waals surface area contributed by atoms with Crippen LogP contribution in [0, 0.1) is 5.92 Å². The molecule has 4 rings (SSSR count). The van der Waals surface area contributed by atoms with Crippen molar-refractivity contribution in [2.75, 3.05) is 52.9 Å². The van der Waals surface area contributed by atoms with Crippen LogP contribution >= 0.6 is 11.3 Å². The Balaban J connectivity index is 1.52. The quantitative estimate of drug-likeness (QED) is 0.603. The van der Waals surface area contributed by atoms with Gasteiger partial charge in [-0.05, 0) is 49.0 Å². The Labute approximate surface area is 201 Å². The van der Waals surface area contributed by atoms with Gasteiger partial charge in [0.05, 0.1) is 12.0 Å². The van der Waals surface area contributed by atoms with Gasteiger partial charge in [0, 0.05) is 49.7 Å². The number of amides is 2. The molecular formula is C26H36N4O2S. The van der Waals surface area contributed by atoms with E-state index in [1.165, 1.54) is 0 Å². The van der Waals surface area contributed by atoms with Gasteiger partial charge in [0.2, 0.25) is 5.91 Å². The molecule has 2 atom stereocenters. The van der Waals surface area contributed by atoms with Gasteiger partial charge >= 0.3 is 0 Å². The van der Waals surface area contributed by atoms with E-state index in [0.29, 0.717) is 24.6 Å². The zero-order chi connectivity index (χ0) is 23.4. The summed E-state index contributed by atoms with van der Waals surface area (Å²) in [7, 11) is 2.16. The zero-order valence-electron chi connectivity index (χ0n) is 20.0. The summed E-state index contributed by atoms with van der Waals surface area (Å²) in [6.07, 6.45) is 0.933. The van der Waals surface area contributed by atoms with Gasteiger partial charge in [0.15, 0.2) is 0 Å². The van der Waals surface area contributed by atoms with Gasteiger partial charge in [0.1, 0.15) is 0 Å². The maximum Gasteiger partial charge on any atom is 0.254 e. The van der Waals surface area contributed by atoms with Gasteiger partial charge in [-0.25, -0.2) is 0 Å². The minimum atomic E-state index is -0.403. The summed E-state index contributed by atoms with van der Waals surface area (Å²) in [4.78, 5) is 34.9. The molecule has 33 heavy (non-hydrogen) atoms. The fraction of sp³-hybridized carbons (Fsp3) is 0.538. The molecule has 0 aliphatic carbocycles. The molecule has 2 aromatic rings. The second-order valence-corrected chi connectivity index (χ2v) is 10.6. The van der Waals surface area contributed by atoms with Crippen LogP contribution in [0.1, 0.15) is 53.0 Å². The summed E-state index contributed by atoms with van der Waals surface area (Å²) in [5, 5.41) is 5.24. The van der Waals surface area contributed by atoms with Crippen molar-refractivity contribution >= 4 is 23.2 Å². The number of carbonyl (C=O) groups excluding carboxylic acids is 2. The average molecular weight is 469 g/mol. The first kappa shape index (κ1) is 23.9. The lowest BCUT2D eigenvalue weighted by Gasteiger charge is -2.42. The Morgan fingerprint density at radius 3 is 2.58 bits per heavy atom. The predicted molar refractivity (Wildman–Crippen MR) is 134 cm³/mol. The number of carbonyl (C=O) groups is 2. The second-order valence-electron chi connectivity index (χ2n) is 9.67. The number of piperazine rings is 1. The molecule has 1 fully saturated rings. The number of thiophene rings is 1. The third-order valence-corrected chi connectivity index (χ3v) is 7.61. The summed E-state index contributed by atoms with van der Waals surface area (Å²) in [6.45, 7) is 10.9. The minimum absolute atomic E-state index is 0.0143. The van der Waals surface area contributed by atoms with E-state index in [4.69, 9.17) is 0 Å². The van der Waals surface area contributed by atoms with E-state index in [-0.39, 0.29) is 17.9 Å². The lowest BCUT2D eigenvalue weighted by Crippen LogP contribution is -2.48. The number of hydrogen-bond acceptors (Lipinski definition) is 5. The fourth-order valence-electron chi connectivity index (χ4n) is 4.94. The summed E-state index contributed by atoms with van der Waals surface area (Å²) in [6, 6.07) is 11.4. The highest BCUT2D eigenvalue weighted by Crippen LogP contribution is 2.44. The van der Waals surface area contributed by atoms with Crippen LogP contribution in [0.5, 0.6) is 0 Å². The van der Waals surface area contributed by atoms with E-state index in [9.17, 15) is 9.59 Å². The van der Waals surface area contributed by atoms with Crippen molar-refractivity contribution in [2.24, 2.45) is 5.92 Å². The number of likely N-dealkylation sites (N-methyl/N-ethyl adjacent to an activating group) is 1. The Morgan fingerprint density at radius 2 is 1.88 bits per heavy atom. The number of hydrogen-bond donors (Lipinski definition) is 1. The Morgan fingerprint density at radius 1 is 1.12 bits per heavy atom. The monoisotopic (exact) mass is 468 g/mol. The molecule has 3 heterocycles. The predicted octanol–water partition coefficient (Wildman–Crippen LogP) is 3.44. The largest absolute Gasteiger partial charge is 0.355 e. The van der Waals surface area contributed by atoms with E-state index in [1.54, 1.807) is 11.3 Å². The smallest absolute Gasteiger partial charge is 0.254 e. The van der Waals surface area contributed by atoms with Crippen molar-refractivity contribution in [1.29, 1.82) is 0 Å². The highest BCUT2D eigenvalue weighted by atomic mass is 32.1. The van der Waals surface area contributed by atoms with Gasteiger partial charge < -0.3 is 20.0 Å². The van der Waals surface area contributed by atoms with Crippen LogP contribution in [-0.4, -0.2) is 79.4 Å². The Kier molecular flexibility index (Phi) is 7.83. The molecule has 1 aromatic carbocycles. The first-order valence-electron chi connectivity index (χ1n) is 12.1.